The largest absolute Gasteiger partial charge is 0.399 e. The molecule has 1 amide bonds. The summed E-state index contributed by atoms with van der Waals surface area (Å²) in [5.74, 6) is -1.40. The van der Waals surface area contributed by atoms with Crippen LogP contribution in [0.15, 0.2) is 23.1 Å². The molecule has 1 aromatic rings. The van der Waals surface area contributed by atoms with Gasteiger partial charge in [-0.25, -0.2) is 17.5 Å². The van der Waals surface area contributed by atoms with Crippen molar-refractivity contribution < 1.29 is 17.6 Å². The molecule has 0 saturated carbocycles. The van der Waals surface area contributed by atoms with Crippen LogP contribution in [0.4, 0.5) is 10.1 Å². The fourth-order valence-corrected chi connectivity index (χ4v) is 2.38. The SMILES string of the molecule is CCCNC(=O)CNS(=O)(=O)c1cc(N)ccc1F. The highest BCUT2D eigenvalue weighted by molar-refractivity contribution is 7.89. The number of hydrogen-bond acceptors (Lipinski definition) is 4. The highest BCUT2D eigenvalue weighted by Crippen LogP contribution is 2.17. The fourth-order valence-electron chi connectivity index (χ4n) is 1.29. The maximum atomic E-state index is 13.4. The van der Waals surface area contributed by atoms with E-state index in [1.165, 1.54) is 6.07 Å². The van der Waals surface area contributed by atoms with E-state index in [4.69, 9.17) is 5.73 Å². The van der Waals surface area contributed by atoms with Gasteiger partial charge in [-0.3, -0.25) is 4.79 Å². The summed E-state index contributed by atoms with van der Waals surface area (Å²) < 4.78 is 39.0. The van der Waals surface area contributed by atoms with Crippen LogP contribution in [0.1, 0.15) is 13.3 Å². The van der Waals surface area contributed by atoms with Crippen molar-refractivity contribution in [1.29, 1.82) is 0 Å². The van der Waals surface area contributed by atoms with Gasteiger partial charge in [-0.1, -0.05) is 6.92 Å². The third-order valence-corrected chi connectivity index (χ3v) is 3.66. The molecular formula is C11H16FN3O3S. The predicted molar refractivity (Wildman–Crippen MR) is 69.3 cm³/mol. The fraction of sp³-hybridized carbons (Fsp3) is 0.364. The van der Waals surface area contributed by atoms with Crippen molar-refractivity contribution in [3.63, 3.8) is 0 Å². The Hall–Kier alpha value is -1.67. The van der Waals surface area contributed by atoms with Gasteiger partial charge in [0.05, 0.1) is 6.54 Å². The summed E-state index contributed by atoms with van der Waals surface area (Å²) in [6.07, 6.45) is 0.738. The number of amides is 1. The van der Waals surface area contributed by atoms with E-state index in [0.717, 1.165) is 18.6 Å². The van der Waals surface area contributed by atoms with Crippen LogP contribution < -0.4 is 15.8 Å². The molecule has 0 aliphatic rings. The number of benzene rings is 1. The summed E-state index contributed by atoms with van der Waals surface area (Å²) in [5.41, 5.74) is 5.53. The molecule has 0 spiro atoms. The van der Waals surface area contributed by atoms with Gasteiger partial charge < -0.3 is 11.1 Å². The average Bonchev–Trinajstić information content (AvgIpc) is 2.36. The van der Waals surface area contributed by atoms with E-state index in [0.29, 0.717) is 6.54 Å². The Morgan fingerprint density at radius 2 is 2.11 bits per heavy atom. The lowest BCUT2D eigenvalue weighted by Crippen LogP contribution is -2.37. The third-order valence-electron chi connectivity index (χ3n) is 2.24. The van der Waals surface area contributed by atoms with Crippen LogP contribution in [0.2, 0.25) is 0 Å². The smallest absolute Gasteiger partial charge is 0.244 e. The first kappa shape index (κ1) is 15.4. The van der Waals surface area contributed by atoms with Gasteiger partial charge in [-0.2, -0.15) is 0 Å². The van der Waals surface area contributed by atoms with E-state index in [9.17, 15) is 17.6 Å². The molecule has 8 heteroatoms. The normalized spacial score (nSPS) is 11.3. The van der Waals surface area contributed by atoms with E-state index in [-0.39, 0.29) is 5.69 Å². The van der Waals surface area contributed by atoms with E-state index >= 15 is 0 Å². The highest BCUT2D eigenvalue weighted by atomic mass is 32.2. The minimum atomic E-state index is -4.10. The van der Waals surface area contributed by atoms with Crippen LogP contribution in [-0.4, -0.2) is 27.4 Å². The van der Waals surface area contributed by atoms with Gasteiger partial charge in [0.1, 0.15) is 10.7 Å². The van der Waals surface area contributed by atoms with Crippen LogP contribution in [0, 0.1) is 5.82 Å². The Morgan fingerprint density at radius 3 is 2.74 bits per heavy atom. The summed E-state index contributed by atoms with van der Waals surface area (Å²) in [6, 6.07) is 3.21. The number of anilines is 1. The van der Waals surface area contributed by atoms with Crippen LogP contribution in [0.25, 0.3) is 0 Å². The van der Waals surface area contributed by atoms with Gasteiger partial charge in [0, 0.05) is 12.2 Å². The van der Waals surface area contributed by atoms with Crippen molar-refractivity contribution in [2.45, 2.75) is 18.2 Å². The summed E-state index contributed by atoms with van der Waals surface area (Å²) >= 11 is 0. The molecule has 0 aliphatic heterocycles. The second-order valence-electron chi connectivity index (χ2n) is 3.86. The standard InChI is InChI=1S/C11H16FN3O3S/c1-2-5-14-11(16)7-15-19(17,18)10-6-8(13)3-4-9(10)12/h3-4,6,15H,2,5,7,13H2,1H3,(H,14,16). The molecule has 0 radical (unpaired) electrons. The van der Waals surface area contributed by atoms with Crippen molar-refractivity contribution in [2.24, 2.45) is 0 Å². The summed E-state index contributed by atoms with van der Waals surface area (Å²) in [7, 11) is -4.10. The molecule has 0 atom stereocenters. The van der Waals surface area contributed by atoms with Crippen molar-refractivity contribution in [2.75, 3.05) is 18.8 Å². The zero-order chi connectivity index (χ0) is 14.5. The molecule has 1 rings (SSSR count). The van der Waals surface area contributed by atoms with Gasteiger partial charge in [-0.05, 0) is 24.6 Å². The molecule has 1 aromatic carbocycles. The van der Waals surface area contributed by atoms with Crippen molar-refractivity contribution in [1.82, 2.24) is 10.0 Å². The summed E-state index contributed by atoms with van der Waals surface area (Å²) in [6.45, 7) is 1.87. The maximum Gasteiger partial charge on any atom is 0.244 e. The van der Waals surface area contributed by atoms with Gasteiger partial charge in [0.2, 0.25) is 15.9 Å². The van der Waals surface area contributed by atoms with Crippen LogP contribution in [0.5, 0.6) is 0 Å². The number of sulfonamides is 1. The lowest BCUT2D eigenvalue weighted by atomic mass is 10.3. The monoisotopic (exact) mass is 289 g/mol. The van der Waals surface area contributed by atoms with Crippen molar-refractivity contribution >= 4 is 21.6 Å². The van der Waals surface area contributed by atoms with Crippen LogP contribution in [-0.2, 0) is 14.8 Å². The lowest BCUT2D eigenvalue weighted by molar-refractivity contribution is -0.119. The minimum Gasteiger partial charge on any atom is -0.399 e. The number of nitrogens with two attached hydrogens (primary N) is 1. The van der Waals surface area contributed by atoms with Gasteiger partial charge in [0.15, 0.2) is 0 Å². The van der Waals surface area contributed by atoms with Crippen molar-refractivity contribution in [3.05, 3.63) is 24.0 Å². The number of carbonyl (C=O) groups is 1. The Bertz CT molecular complexity index is 560. The molecule has 4 N–H and O–H groups in total. The van der Waals surface area contributed by atoms with Gasteiger partial charge in [0.25, 0.3) is 0 Å². The first-order valence-electron chi connectivity index (χ1n) is 5.68. The minimum absolute atomic E-state index is 0.122. The van der Waals surface area contributed by atoms with Crippen LogP contribution >= 0.6 is 0 Å². The molecule has 19 heavy (non-hydrogen) atoms. The molecular weight excluding hydrogens is 273 g/mol. The number of rotatable bonds is 6. The number of hydrogen-bond donors (Lipinski definition) is 3. The Morgan fingerprint density at radius 1 is 1.42 bits per heavy atom. The van der Waals surface area contributed by atoms with E-state index < -0.39 is 33.2 Å². The highest BCUT2D eigenvalue weighted by Gasteiger charge is 2.20. The van der Waals surface area contributed by atoms with E-state index in [1.807, 2.05) is 11.6 Å². The molecule has 6 nitrogen and oxygen atoms in total. The number of carbonyl (C=O) groups excluding carboxylic acids is 1. The van der Waals surface area contributed by atoms with E-state index in [1.54, 1.807) is 0 Å². The summed E-state index contributed by atoms with van der Waals surface area (Å²) in [5, 5.41) is 2.50. The quantitative estimate of drug-likeness (QED) is 0.652. The first-order chi connectivity index (χ1) is 8.86. The van der Waals surface area contributed by atoms with E-state index in [2.05, 4.69) is 5.32 Å². The second kappa shape index (κ2) is 6.48. The number of nitrogens with one attached hydrogen (secondary N) is 2. The maximum absolute atomic E-state index is 13.4. The Balaban J connectivity index is 2.76. The van der Waals surface area contributed by atoms with Crippen LogP contribution in [0.3, 0.4) is 0 Å². The Kier molecular flexibility index (Phi) is 5.25. The molecule has 0 unspecified atom stereocenters. The lowest BCUT2D eigenvalue weighted by Gasteiger charge is -2.08. The number of nitrogen functional groups attached to an aromatic ring is 1. The average molecular weight is 289 g/mol. The first-order valence-corrected chi connectivity index (χ1v) is 7.16. The summed E-state index contributed by atoms with van der Waals surface area (Å²) in [4.78, 5) is 10.7. The zero-order valence-electron chi connectivity index (χ0n) is 10.4. The molecule has 0 aromatic heterocycles. The molecule has 0 fully saturated rings. The molecule has 0 saturated heterocycles. The number of halogens is 1. The predicted octanol–water partition coefficient (Wildman–Crippen LogP) is 0.212. The molecule has 0 aliphatic carbocycles. The third kappa shape index (κ3) is 4.49. The van der Waals surface area contributed by atoms with Gasteiger partial charge in [-0.15, -0.1) is 0 Å². The topological polar surface area (TPSA) is 101 Å². The zero-order valence-corrected chi connectivity index (χ0v) is 11.3. The van der Waals surface area contributed by atoms with Crippen molar-refractivity contribution in [3.8, 4) is 0 Å². The Labute approximate surface area is 111 Å². The van der Waals surface area contributed by atoms with Gasteiger partial charge >= 0.3 is 0 Å². The molecule has 0 bridgehead atoms. The molecule has 106 valence electrons. The second-order valence-corrected chi connectivity index (χ2v) is 5.60. The molecule has 0 heterocycles.